The van der Waals surface area contributed by atoms with E-state index in [9.17, 15) is 9.59 Å². The van der Waals surface area contributed by atoms with Crippen molar-refractivity contribution >= 4 is 17.5 Å². The number of para-hydroxylation sites is 1. The molecule has 0 radical (unpaired) electrons. The van der Waals surface area contributed by atoms with Crippen molar-refractivity contribution in [2.24, 2.45) is 17.8 Å². The smallest absolute Gasteiger partial charge is 0.253 e. The second-order valence-corrected chi connectivity index (χ2v) is 6.71. The molecule has 0 saturated heterocycles. The summed E-state index contributed by atoms with van der Waals surface area (Å²) < 4.78 is 0. The number of fused-ring (bicyclic) bond motifs is 1. The van der Waals surface area contributed by atoms with Crippen molar-refractivity contribution in [2.75, 3.05) is 5.32 Å². The molecule has 4 nitrogen and oxygen atoms in total. The van der Waals surface area contributed by atoms with Gasteiger partial charge in [-0.25, -0.2) is 0 Å². The van der Waals surface area contributed by atoms with E-state index in [2.05, 4.69) is 10.6 Å². The van der Waals surface area contributed by atoms with Gasteiger partial charge < -0.3 is 10.6 Å². The molecule has 1 aromatic carbocycles. The quantitative estimate of drug-likeness (QED) is 0.892. The number of amides is 2. The molecule has 0 bridgehead atoms. The summed E-state index contributed by atoms with van der Waals surface area (Å²) in [4.78, 5) is 24.6. The highest BCUT2D eigenvalue weighted by atomic mass is 16.2. The van der Waals surface area contributed by atoms with Crippen LogP contribution in [-0.2, 0) is 4.79 Å². The third-order valence-electron chi connectivity index (χ3n) is 4.96. The molecule has 0 spiro atoms. The van der Waals surface area contributed by atoms with E-state index in [1.54, 1.807) is 6.07 Å². The zero-order valence-electron chi connectivity index (χ0n) is 12.0. The van der Waals surface area contributed by atoms with Gasteiger partial charge in [0.05, 0.1) is 11.3 Å². The van der Waals surface area contributed by atoms with E-state index in [0.29, 0.717) is 17.3 Å². The van der Waals surface area contributed by atoms with E-state index in [-0.39, 0.29) is 17.7 Å². The number of hydrogen-bond donors (Lipinski definition) is 2. The first-order valence-corrected chi connectivity index (χ1v) is 7.91. The molecule has 1 aromatic rings. The molecular formula is C17H20N2O2. The normalized spacial score (nSPS) is 29.6. The van der Waals surface area contributed by atoms with E-state index in [1.165, 1.54) is 6.42 Å². The number of anilines is 1. The Morgan fingerprint density at radius 3 is 2.43 bits per heavy atom. The van der Waals surface area contributed by atoms with Crippen LogP contribution in [0.3, 0.4) is 0 Å². The Morgan fingerprint density at radius 2 is 1.71 bits per heavy atom. The molecule has 4 rings (SSSR count). The maximum Gasteiger partial charge on any atom is 0.253 e. The Labute approximate surface area is 124 Å². The average molecular weight is 284 g/mol. The van der Waals surface area contributed by atoms with Crippen LogP contribution in [0.4, 0.5) is 5.69 Å². The van der Waals surface area contributed by atoms with Crippen LogP contribution < -0.4 is 10.6 Å². The Kier molecular flexibility index (Phi) is 2.98. The molecule has 4 heteroatoms. The van der Waals surface area contributed by atoms with Crippen molar-refractivity contribution in [3.8, 4) is 0 Å². The lowest BCUT2D eigenvalue weighted by Crippen LogP contribution is -2.28. The van der Waals surface area contributed by atoms with Crippen molar-refractivity contribution in [1.29, 1.82) is 0 Å². The fraction of sp³-hybridized carbons (Fsp3) is 0.529. The van der Waals surface area contributed by atoms with Gasteiger partial charge in [-0.3, -0.25) is 9.59 Å². The van der Waals surface area contributed by atoms with Crippen LogP contribution in [0.5, 0.6) is 0 Å². The largest absolute Gasteiger partial charge is 0.349 e. The standard InChI is InChI=1S/C17H20N2O2/c20-16(12-8-10-7-11(10)9-12)19-15-4-2-1-3-14(15)17(21)18-13-5-6-13/h1-4,10-13H,5-9H2,(H,18,21)(H,19,20). The minimum Gasteiger partial charge on any atom is -0.349 e. The van der Waals surface area contributed by atoms with Gasteiger partial charge in [-0.1, -0.05) is 12.1 Å². The number of hydrogen-bond acceptors (Lipinski definition) is 2. The average Bonchev–Trinajstić information content (AvgIpc) is 3.40. The van der Waals surface area contributed by atoms with Gasteiger partial charge in [0.25, 0.3) is 5.91 Å². The molecule has 2 unspecified atom stereocenters. The zero-order chi connectivity index (χ0) is 14.4. The summed E-state index contributed by atoms with van der Waals surface area (Å²) in [7, 11) is 0. The van der Waals surface area contributed by atoms with Crippen LogP contribution in [-0.4, -0.2) is 17.9 Å². The van der Waals surface area contributed by atoms with Crippen LogP contribution in [0, 0.1) is 17.8 Å². The summed E-state index contributed by atoms with van der Waals surface area (Å²) in [5.41, 5.74) is 1.21. The molecule has 3 aliphatic carbocycles. The van der Waals surface area contributed by atoms with Crippen molar-refractivity contribution in [3.63, 3.8) is 0 Å². The topological polar surface area (TPSA) is 58.2 Å². The van der Waals surface area contributed by atoms with Gasteiger partial charge in [0.1, 0.15) is 0 Å². The van der Waals surface area contributed by atoms with Crippen LogP contribution in [0.15, 0.2) is 24.3 Å². The van der Waals surface area contributed by atoms with Crippen LogP contribution in [0.2, 0.25) is 0 Å². The first-order valence-electron chi connectivity index (χ1n) is 7.91. The molecule has 0 aromatic heterocycles. The van der Waals surface area contributed by atoms with E-state index in [0.717, 1.165) is 37.5 Å². The summed E-state index contributed by atoms with van der Waals surface area (Å²) in [5.74, 6) is 1.70. The Morgan fingerprint density at radius 1 is 1.00 bits per heavy atom. The monoisotopic (exact) mass is 284 g/mol. The summed E-state index contributed by atoms with van der Waals surface area (Å²) in [6, 6.07) is 7.61. The summed E-state index contributed by atoms with van der Waals surface area (Å²) in [6.07, 6.45) is 5.47. The number of carbonyl (C=O) groups is 2. The van der Waals surface area contributed by atoms with Gasteiger partial charge in [0.15, 0.2) is 0 Å². The fourth-order valence-corrected chi connectivity index (χ4v) is 3.44. The predicted octanol–water partition coefficient (Wildman–Crippen LogP) is 2.56. The minimum absolute atomic E-state index is 0.0777. The van der Waals surface area contributed by atoms with Gasteiger partial charge >= 0.3 is 0 Å². The third-order valence-corrected chi connectivity index (χ3v) is 4.96. The number of nitrogens with one attached hydrogen (secondary N) is 2. The molecule has 3 fully saturated rings. The van der Waals surface area contributed by atoms with E-state index in [1.807, 2.05) is 18.2 Å². The van der Waals surface area contributed by atoms with Crippen LogP contribution in [0.25, 0.3) is 0 Å². The molecule has 2 N–H and O–H groups in total. The minimum atomic E-state index is -0.0809. The Hall–Kier alpha value is -1.84. The Balaban J connectivity index is 1.46. The van der Waals surface area contributed by atoms with E-state index >= 15 is 0 Å². The maximum absolute atomic E-state index is 12.3. The first kappa shape index (κ1) is 12.9. The lowest BCUT2D eigenvalue weighted by molar-refractivity contribution is -0.120. The zero-order valence-corrected chi connectivity index (χ0v) is 12.0. The van der Waals surface area contributed by atoms with Crippen molar-refractivity contribution in [1.82, 2.24) is 5.32 Å². The van der Waals surface area contributed by atoms with Crippen LogP contribution >= 0.6 is 0 Å². The highest BCUT2D eigenvalue weighted by molar-refractivity contribution is 6.04. The molecule has 2 atom stereocenters. The number of benzene rings is 1. The number of carbonyl (C=O) groups excluding carboxylic acids is 2. The number of rotatable bonds is 4. The molecule has 3 saturated carbocycles. The molecular weight excluding hydrogens is 264 g/mol. The molecule has 0 aliphatic heterocycles. The van der Waals surface area contributed by atoms with Crippen molar-refractivity contribution in [2.45, 2.75) is 38.1 Å². The highest BCUT2D eigenvalue weighted by Crippen LogP contribution is 2.54. The maximum atomic E-state index is 12.3. The summed E-state index contributed by atoms with van der Waals surface area (Å²) >= 11 is 0. The first-order chi connectivity index (χ1) is 10.2. The third kappa shape index (κ3) is 2.67. The Bertz CT molecular complexity index is 584. The van der Waals surface area contributed by atoms with Crippen molar-refractivity contribution < 1.29 is 9.59 Å². The molecule has 21 heavy (non-hydrogen) atoms. The second kappa shape index (κ2) is 4.86. The fourth-order valence-electron chi connectivity index (χ4n) is 3.44. The van der Waals surface area contributed by atoms with Gasteiger partial charge in [-0.05, 0) is 56.1 Å². The summed E-state index contributed by atoms with van der Waals surface area (Å²) in [6.45, 7) is 0. The van der Waals surface area contributed by atoms with Crippen LogP contribution in [0.1, 0.15) is 42.5 Å². The summed E-state index contributed by atoms with van der Waals surface area (Å²) in [5, 5.41) is 5.95. The molecule has 2 amide bonds. The molecule has 3 aliphatic rings. The van der Waals surface area contributed by atoms with Gasteiger partial charge in [-0.15, -0.1) is 0 Å². The van der Waals surface area contributed by atoms with Crippen molar-refractivity contribution in [3.05, 3.63) is 29.8 Å². The lowest BCUT2D eigenvalue weighted by atomic mass is 10.0. The van der Waals surface area contributed by atoms with Gasteiger partial charge in [0, 0.05) is 12.0 Å². The lowest BCUT2D eigenvalue weighted by Gasteiger charge is -2.15. The highest BCUT2D eigenvalue weighted by Gasteiger charge is 2.48. The van der Waals surface area contributed by atoms with E-state index < -0.39 is 0 Å². The van der Waals surface area contributed by atoms with Gasteiger partial charge in [0.2, 0.25) is 5.91 Å². The second-order valence-electron chi connectivity index (χ2n) is 6.71. The predicted molar refractivity (Wildman–Crippen MR) is 79.9 cm³/mol. The van der Waals surface area contributed by atoms with E-state index in [4.69, 9.17) is 0 Å². The molecule has 110 valence electrons. The SMILES string of the molecule is O=C(NC1CC1)c1ccccc1NC(=O)C1CC2CC2C1. The molecule has 0 heterocycles. The van der Waals surface area contributed by atoms with Gasteiger partial charge in [-0.2, -0.15) is 0 Å².